The predicted molar refractivity (Wildman–Crippen MR) is 58.1 cm³/mol. The summed E-state index contributed by atoms with van der Waals surface area (Å²) in [5.74, 6) is 0. The minimum absolute atomic E-state index is 0.0594. The molecule has 0 N–H and O–H groups in total. The van der Waals surface area contributed by atoms with E-state index in [1.54, 1.807) is 12.1 Å². The van der Waals surface area contributed by atoms with Crippen molar-refractivity contribution in [2.24, 2.45) is 0 Å². The van der Waals surface area contributed by atoms with Gasteiger partial charge in [-0.15, -0.1) is 0 Å². The highest BCUT2D eigenvalue weighted by atomic mass is 35.5. The third-order valence-corrected chi connectivity index (χ3v) is 2.38. The Morgan fingerprint density at radius 3 is 2.80 bits per heavy atom. The summed E-state index contributed by atoms with van der Waals surface area (Å²) in [6.07, 6.45) is 0. The first-order valence-electron chi connectivity index (χ1n) is 4.29. The molecule has 0 saturated heterocycles. The van der Waals surface area contributed by atoms with Crippen LogP contribution in [0.5, 0.6) is 0 Å². The highest BCUT2D eigenvalue weighted by Crippen LogP contribution is 2.24. The molecule has 5 heteroatoms. The molecule has 0 amide bonds. The van der Waals surface area contributed by atoms with Crippen LogP contribution in [0.1, 0.15) is 5.69 Å². The Morgan fingerprint density at radius 1 is 1.40 bits per heavy atom. The predicted octanol–water partition coefficient (Wildman–Crippen LogP) is 3.10. The lowest BCUT2D eigenvalue weighted by molar-refractivity contribution is -0.384. The van der Waals surface area contributed by atoms with Crippen molar-refractivity contribution in [1.82, 2.24) is 4.98 Å². The summed E-state index contributed by atoms with van der Waals surface area (Å²) in [5, 5.41) is 12.5. The van der Waals surface area contributed by atoms with Gasteiger partial charge in [0, 0.05) is 23.2 Å². The smallest absolute Gasteiger partial charge is 0.258 e. The zero-order valence-corrected chi connectivity index (χ0v) is 8.65. The van der Waals surface area contributed by atoms with Gasteiger partial charge in [0.2, 0.25) is 0 Å². The maximum atomic E-state index is 10.6. The number of nitro benzene ring substituents is 1. The van der Waals surface area contributed by atoms with Crippen LogP contribution in [-0.2, 0) is 0 Å². The van der Waals surface area contributed by atoms with Gasteiger partial charge in [-0.1, -0.05) is 11.6 Å². The van der Waals surface area contributed by atoms with Crippen molar-refractivity contribution in [3.05, 3.63) is 45.2 Å². The first-order valence-corrected chi connectivity index (χ1v) is 4.67. The van der Waals surface area contributed by atoms with E-state index in [-0.39, 0.29) is 5.69 Å². The van der Waals surface area contributed by atoms with Crippen molar-refractivity contribution < 1.29 is 4.92 Å². The van der Waals surface area contributed by atoms with Crippen LogP contribution >= 0.6 is 11.6 Å². The number of benzene rings is 1. The van der Waals surface area contributed by atoms with Crippen LogP contribution in [0.2, 0.25) is 5.15 Å². The number of nitro groups is 1. The highest BCUT2D eigenvalue weighted by Gasteiger charge is 2.08. The molecule has 0 unspecified atom stereocenters. The maximum absolute atomic E-state index is 10.6. The van der Waals surface area contributed by atoms with Crippen LogP contribution in [0.3, 0.4) is 0 Å². The van der Waals surface area contributed by atoms with Gasteiger partial charge in [0.1, 0.15) is 5.15 Å². The van der Waals surface area contributed by atoms with Crippen LogP contribution in [0.4, 0.5) is 5.69 Å². The van der Waals surface area contributed by atoms with Gasteiger partial charge in [0.05, 0.1) is 4.92 Å². The van der Waals surface area contributed by atoms with Crippen molar-refractivity contribution in [3.8, 4) is 0 Å². The SMILES string of the molecule is Cc1nc(Cl)cc2cc([N+](=O)[O-])ccc12. The molecule has 0 fully saturated rings. The maximum Gasteiger partial charge on any atom is 0.270 e. The molecule has 0 aliphatic heterocycles. The van der Waals surface area contributed by atoms with Gasteiger partial charge in [-0.25, -0.2) is 4.98 Å². The Kier molecular flexibility index (Phi) is 2.28. The Bertz CT molecular complexity index is 554. The number of aromatic nitrogens is 1. The Labute approximate surface area is 90.7 Å². The molecule has 0 radical (unpaired) electrons. The zero-order valence-electron chi connectivity index (χ0n) is 7.90. The molecular formula is C10H7ClN2O2. The molecule has 4 nitrogen and oxygen atoms in total. The minimum Gasteiger partial charge on any atom is -0.258 e. The average molecular weight is 223 g/mol. The second kappa shape index (κ2) is 3.47. The molecule has 1 aromatic carbocycles. The van der Waals surface area contributed by atoms with E-state index in [1.165, 1.54) is 12.1 Å². The molecule has 1 aromatic heterocycles. The van der Waals surface area contributed by atoms with Crippen molar-refractivity contribution >= 4 is 28.1 Å². The molecule has 0 aliphatic rings. The van der Waals surface area contributed by atoms with E-state index in [4.69, 9.17) is 11.6 Å². The van der Waals surface area contributed by atoms with Gasteiger partial charge in [-0.2, -0.15) is 0 Å². The normalized spacial score (nSPS) is 10.5. The standard InChI is InChI=1S/C10H7ClN2O2/c1-6-9-3-2-8(13(14)15)4-7(9)5-10(11)12-6/h2-5H,1H3. The monoisotopic (exact) mass is 222 g/mol. The van der Waals surface area contributed by atoms with Gasteiger partial charge >= 0.3 is 0 Å². The van der Waals surface area contributed by atoms with Crippen molar-refractivity contribution in [3.63, 3.8) is 0 Å². The number of aryl methyl sites for hydroxylation is 1. The third kappa shape index (κ3) is 1.76. The van der Waals surface area contributed by atoms with Crippen LogP contribution in [-0.4, -0.2) is 9.91 Å². The lowest BCUT2D eigenvalue weighted by atomic mass is 10.1. The summed E-state index contributed by atoms with van der Waals surface area (Å²) in [6.45, 7) is 1.82. The van der Waals surface area contributed by atoms with E-state index < -0.39 is 4.92 Å². The summed E-state index contributed by atoms with van der Waals surface area (Å²) in [4.78, 5) is 14.2. The number of hydrogen-bond acceptors (Lipinski definition) is 3. The molecule has 0 aliphatic carbocycles. The molecule has 15 heavy (non-hydrogen) atoms. The summed E-state index contributed by atoms with van der Waals surface area (Å²) in [5.41, 5.74) is 0.830. The van der Waals surface area contributed by atoms with Crippen LogP contribution in [0.15, 0.2) is 24.3 Å². The molecule has 2 rings (SSSR count). The van der Waals surface area contributed by atoms with E-state index in [1.807, 2.05) is 6.92 Å². The first-order chi connectivity index (χ1) is 7.08. The van der Waals surface area contributed by atoms with Crippen molar-refractivity contribution in [2.45, 2.75) is 6.92 Å². The highest BCUT2D eigenvalue weighted by molar-refractivity contribution is 6.30. The molecule has 0 atom stereocenters. The largest absolute Gasteiger partial charge is 0.270 e. The van der Waals surface area contributed by atoms with Crippen molar-refractivity contribution in [1.29, 1.82) is 0 Å². The summed E-state index contributed by atoms with van der Waals surface area (Å²) in [6, 6.07) is 6.27. The van der Waals surface area contributed by atoms with E-state index in [0.29, 0.717) is 5.15 Å². The number of rotatable bonds is 1. The third-order valence-electron chi connectivity index (χ3n) is 2.18. The fourth-order valence-corrected chi connectivity index (χ4v) is 1.74. The fraction of sp³-hybridized carbons (Fsp3) is 0.100. The average Bonchev–Trinajstić information content (AvgIpc) is 2.16. The quantitative estimate of drug-likeness (QED) is 0.423. The number of hydrogen-bond donors (Lipinski definition) is 0. The van der Waals surface area contributed by atoms with Crippen LogP contribution in [0.25, 0.3) is 10.8 Å². The summed E-state index contributed by atoms with van der Waals surface area (Å²) in [7, 11) is 0. The van der Waals surface area contributed by atoms with Gasteiger partial charge in [-0.05, 0) is 24.4 Å². The van der Waals surface area contributed by atoms with E-state index in [9.17, 15) is 10.1 Å². The zero-order chi connectivity index (χ0) is 11.0. The second-order valence-electron chi connectivity index (χ2n) is 3.19. The topological polar surface area (TPSA) is 56.0 Å². The van der Waals surface area contributed by atoms with Gasteiger partial charge in [0.15, 0.2) is 0 Å². The number of pyridine rings is 1. The number of fused-ring (bicyclic) bond motifs is 1. The fourth-order valence-electron chi connectivity index (χ4n) is 1.49. The van der Waals surface area contributed by atoms with Crippen molar-refractivity contribution in [2.75, 3.05) is 0 Å². The van der Waals surface area contributed by atoms with Gasteiger partial charge < -0.3 is 0 Å². The lowest BCUT2D eigenvalue weighted by Crippen LogP contribution is -1.89. The summed E-state index contributed by atoms with van der Waals surface area (Å²) >= 11 is 5.77. The first kappa shape index (κ1) is 9.86. The molecule has 0 spiro atoms. The Balaban J connectivity index is 2.76. The second-order valence-corrected chi connectivity index (χ2v) is 3.58. The number of non-ortho nitro benzene ring substituents is 1. The van der Waals surface area contributed by atoms with Gasteiger partial charge in [-0.3, -0.25) is 10.1 Å². The van der Waals surface area contributed by atoms with Crippen LogP contribution < -0.4 is 0 Å². The molecule has 0 bridgehead atoms. The van der Waals surface area contributed by atoms with Crippen LogP contribution in [0, 0.1) is 17.0 Å². The molecule has 76 valence electrons. The lowest BCUT2D eigenvalue weighted by Gasteiger charge is -2.01. The Hall–Kier alpha value is -1.68. The van der Waals surface area contributed by atoms with E-state index in [0.717, 1.165) is 16.5 Å². The minimum atomic E-state index is -0.427. The molecule has 1 heterocycles. The molecular weight excluding hydrogens is 216 g/mol. The van der Waals surface area contributed by atoms with E-state index >= 15 is 0 Å². The molecule has 2 aromatic rings. The van der Waals surface area contributed by atoms with Gasteiger partial charge in [0.25, 0.3) is 5.69 Å². The Morgan fingerprint density at radius 2 is 2.13 bits per heavy atom. The van der Waals surface area contributed by atoms with E-state index in [2.05, 4.69) is 4.98 Å². The molecule has 0 saturated carbocycles. The number of nitrogens with zero attached hydrogens (tertiary/aromatic N) is 2. The summed E-state index contributed by atoms with van der Waals surface area (Å²) < 4.78 is 0. The number of halogens is 1.